The molecule has 0 spiro atoms. The summed E-state index contributed by atoms with van der Waals surface area (Å²) in [5.41, 5.74) is 14.0. The number of nitrogens with one attached hydrogen (secondary N) is 2. The molecule has 0 aromatic carbocycles. The summed E-state index contributed by atoms with van der Waals surface area (Å²) in [6.45, 7) is 2.19. The van der Waals surface area contributed by atoms with Crippen molar-refractivity contribution < 1.29 is 19.5 Å². The van der Waals surface area contributed by atoms with Gasteiger partial charge >= 0.3 is 5.97 Å². The number of rotatable bonds is 17. The number of hydrogen-bond acceptors (Lipinski definition) is 6. The first kappa shape index (κ1) is 26.3. The zero-order valence-corrected chi connectivity index (χ0v) is 17.4. The van der Waals surface area contributed by atoms with E-state index in [2.05, 4.69) is 17.7 Å². The lowest BCUT2D eigenvalue weighted by molar-refractivity contribution is -0.139. The molecule has 0 aliphatic carbocycles. The van der Waals surface area contributed by atoms with E-state index in [0.29, 0.717) is 19.4 Å². The fourth-order valence-electron chi connectivity index (χ4n) is 2.91. The van der Waals surface area contributed by atoms with E-state index in [4.69, 9.17) is 16.6 Å². The molecule has 0 rings (SSSR count). The van der Waals surface area contributed by atoms with E-state index in [-0.39, 0.29) is 24.8 Å². The first-order valence-electron chi connectivity index (χ1n) is 10.3. The van der Waals surface area contributed by atoms with Gasteiger partial charge in [-0.3, -0.25) is 19.8 Å². The van der Waals surface area contributed by atoms with E-state index in [9.17, 15) is 14.4 Å². The van der Waals surface area contributed by atoms with Crippen LogP contribution in [0.5, 0.6) is 0 Å². The predicted octanol–water partition coefficient (Wildman–Crippen LogP) is 0.726. The summed E-state index contributed by atoms with van der Waals surface area (Å²) >= 11 is 0. The molecule has 0 heterocycles. The number of carboxylic acids is 1. The van der Waals surface area contributed by atoms with Gasteiger partial charge in [-0.1, -0.05) is 51.9 Å². The van der Waals surface area contributed by atoms with Crippen molar-refractivity contribution in [1.82, 2.24) is 15.8 Å². The molecule has 0 aliphatic rings. The van der Waals surface area contributed by atoms with Gasteiger partial charge in [0.15, 0.2) is 0 Å². The van der Waals surface area contributed by atoms with Crippen molar-refractivity contribution in [3.63, 3.8) is 0 Å². The number of carboxylic acid groups (broad SMARTS) is 1. The number of nitrogens with two attached hydrogens (primary N) is 2. The number of amides is 2. The highest BCUT2D eigenvalue weighted by Gasteiger charge is 2.20. The highest BCUT2D eigenvalue weighted by molar-refractivity contribution is 5.83. The topological polar surface area (TPSA) is 151 Å². The molecule has 0 saturated heterocycles. The molecule has 2 atom stereocenters. The number of likely N-dealkylation sites (N-methyl/N-ethyl adjacent to an activating group) is 1. The SMILES string of the molecule is CCCCCCCCC[C@H](N)C(=O)N[C@@H](CCN)CC(=O)NN(C)CC(=O)O. The maximum absolute atomic E-state index is 12.3. The van der Waals surface area contributed by atoms with Crippen LogP contribution in [0.25, 0.3) is 0 Å². The molecule has 0 aromatic rings. The number of carbonyl (C=O) groups is 3. The molecular formula is C19H39N5O4. The Morgan fingerprint density at radius 2 is 1.64 bits per heavy atom. The Bertz CT molecular complexity index is 462. The van der Waals surface area contributed by atoms with Crippen LogP contribution in [0.3, 0.4) is 0 Å². The van der Waals surface area contributed by atoms with Gasteiger partial charge in [-0.25, -0.2) is 5.01 Å². The van der Waals surface area contributed by atoms with Crippen molar-refractivity contribution in [2.24, 2.45) is 11.5 Å². The van der Waals surface area contributed by atoms with Gasteiger partial charge in [0, 0.05) is 19.5 Å². The number of nitrogens with zero attached hydrogens (tertiary/aromatic N) is 1. The quantitative estimate of drug-likeness (QED) is 0.178. The van der Waals surface area contributed by atoms with Crippen molar-refractivity contribution in [1.29, 1.82) is 0 Å². The van der Waals surface area contributed by atoms with Crippen LogP contribution in [0.2, 0.25) is 0 Å². The van der Waals surface area contributed by atoms with Crippen LogP contribution in [-0.2, 0) is 14.4 Å². The Balaban J connectivity index is 4.22. The molecular weight excluding hydrogens is 362 g/mol. The minimum absolute atomic E-state index is 0.0110. The minimum atomic E-state index is -1.05. The van der Waals surface area contributed by atoms with Gasteiger partial charge in [-0.2, -0.15) is 0 Å². The summed E-state index contributed by atoms with van der Waals surface area (Å²) in [4.78, 5) is 34.9. The molecule has 2 amide bonds. The number of aliphatic carboxylic acids is 1. The molecule has 0 radical (unpaired) electrons. The van der Waals surface area contributed by atoms with E-state index in [0.717, 1.165) is 19.3 Å². The molecule has 28 heavy (non-hydrogen) atoms. The van der Waals surface area contributed by atoms with Crippen LogP contribution >= 0.6 is 0 Å². The van der Waals surface area contributed by atoms with Gasteiger partial charge in [-0.05, 0) is 19.4 Å². The molecule has 0 unspecified atom stereocenters. The fourth-order valence-corrected chi connectivity index (χ4v) is 2.91. The molecule has 9 nitrogen and oxygen atoms in total. The van der Waals surface area contributed by atoms with Crippen LogP contribution < -0.4 is 22.2 Å². The summed E-state index contributed by atoms with van der Waals surface area (Å²) in [5, 5.41) is 12.7. The lowest BCUT2D eigenvalue weighted by Crippen LogP contribution is -2.49. The average molecular weight is 402 g/mol. The Kier molecular flexibility index (Phi) is 15.3. The molecule has 0 bridgehead atoms. The van der Waals surface area contributed by atoms with E-state index in [1.54, 1.807) is 0 Å². The number of carbonyl (C=O) groups excluding carboxylic acids is 2. The van der Waals surface area contributed by atoms with E-state index in [1.165, 1.54) is 37.7 Å². The van der Waals surface area contributed by atoms with E-state index < -0.39 is 18.1 Å². The molecule has 0 fully saturated rings. The van der Waals surface area contributed by atoms with Crippen LogP contribution in [0, 0.1) is 0 Å². The van der Waals surface area contributed by atoms with Crippen LogP contribution in [0.1, 0.15) is 71.1 Å². The summed E-state index contributed by atoms with van der Waals surface area (Å²) in [5.74, 6) is -1.72. The van der Waals surface area contributed by atoms with Gasteiger partial charge < -0.3 is 21.9 Å². The van der Waals surface area contributed by atoms with Crippen molar-refractivity contribution in [2.45, 2.75) is 83.2 Å². The van der Waals surface area contributed by atoms with Gasteiger partial charge in [0.1, 0.15) is 6.54 Å². The lowest BCUT2D eigenvalue weighted by Gasteiger charge is -2.22. The molecule has 0 saturated carbocycles. The summed E-state index contributed by atoms with van der Waals surface area (Å²) < 4.78 is 0. The third kappa shape index (κ3) is 14.4. The average Bonchev–Trinajstić information content (AvgIpc) is 2.59. The second kappa shape index (κ2) is 16.3. The first-order valence-corrected chi connectivity index (χ1v) is 10.3. The van der Waals surface area contributed by atoms with Gasteiger partial charge in [0.2, 0.25) is 11.8 Å². The Morgan fingerprint density at radius 1 is 1.04 bits per heavy atom. The van der Waals surface area contributed by atoms with Gasteiger partial charge in [-0.15, -0.1) is 0 Å². The molecule has 0 aliphatic heterocycles. The highest BCUT2D eigenvalue weighted by atomic mass is 16.4. The predicted molar refractivity (Wildman–Crippen MR) is 109 cm³/mol. The Morgan fingerprint density at radius 3 is 2.21 bits per heavy atom. The third-order valence-electron chi connectivity index (χ3n) is 4.44. The maximum atomic E-state index is 12.3. The normalized spacial score (nSPS) is 13.2. The van der Waals surface area contributed by atoms with E-state index >= 15 is 0 Å². The van der Waals surface area contributed by atoms with Crippen LogP contribution in [0.15, 0.2) is 0 Å². The monoisotopic (exact) mass is 401 g/mol. The Hall–Kier alpha value is -1.71. The van der Waals surface area contributed by atoms with Crippen LogP contribution in [0.4, 0.5) is 0 Å². The zero-order chi connectivity index (χ0) is 21.4. The number of unbranched alkanes of at least 4 members (excludes halogenated alkanes) is 6. The second-order valence-corrected chi connectivity index (χ2v) is 7.29. The Labute approximate surface area is 168 Å². The summed E-state index contributed by atoms with van der Waals surface area (Å²) in [6.07, 6.45) is 9.16. The third-order valence-corrected chi connectivity index (χ3v) is 4.44. The first-order chi connectivity index (χ1) is 13.3. The number of hydrazine groups is 1. The maximum Gasteiger partial charge on any atom is 0.319 e. The zero-order valence-electron chi connectivity index (χ0n) is 17.4. The molecule has 164 valence electrons. The van der Waals surface area contributed by atoms with Crippen molar-refractivity contribution in [3.8, 4) is 0 Å². The van der Waals surface area contributed by atoms with Gasteiger partial charge in [0.25, 0.3) is 0 Å². The van der Waals surface area contributed by atoms with Crippen molar-refractivity contribution in [3.05, 3.63) is 0 Å². The van der Waals surface area contributed by atoms with Crippen molar-refractivity contribution >= 4 is 17.8 Å². The highest BCUT2D eigenvalue weighted by Crippen LogP contribution is 2.09. The smallest absolute Gasteiger partial charge is 0.319 e. The number of hydrogen-bond donors (Lipinski definition) is 5. The van der Waals surface area contributed by atoms with E-state index in [1.807, 2.05) is 0 Å². The second-order valence-electron chi connectivity index (χ2n) is 7.29. The fraction of sp³-hybridized carbons (Fsp3) is 0.842. The largest absolute Gasteiger partial charge is 0.480 e. The molecule has 7 N–H and O–H groups in total. The summed E-state index contributed by atoms with van der Waals surface area (Å²) in [7, 11) is 1.46. The van der Waals surface area contributed by atoms with Crippen LogP contribution in [-0.4, -0.2) is 60.1 Å². The minimum Gasteiger partial charge on any atom is -0.480 e. The molecule has 9 heteroatoms. The van der Waals surface area contributed by atoms with Crippen molar-refractivity contribution in [2.75, 3.05) is 20.1 Å². The standard InChI is InChI=1S/C19H39N5O4/c1-3-4-5-6-7-8-9-10-16(21)19(28)22-15(11-12-20)13-17(25)23-24(2)14-18(26)27/h15-16H,3-14,20-21H2,1-2H3,(H,22,28)(H,23,25)(H,26,27)/t15-,16-/m0/s1. The molecule has 0 aromatic heterocycles. The van der Waals surface area contributed by atoms with Gasteiger partial charge in [0.05, 0.1) is 6.04 Å². The lowest BCUT2D eigenvalue weighted by atomic mass is 10.0. The summed E-state index contributed by atoms with van der Waals surface area (Å²) in [6, 6.07) is -1.04.